The minimum atomic E-state index is -4.35. The molecule has 2 aromatic heterocycles. The zero-order valence-corrected chi connectivity index (χ0v) is 11.3. The fourth-order valence-electron chi connectivity index (χ4n) is 1.22. The van der Waals surface area contributed by atoms with Crippen molar-refractivity contribution < 1.29 is 13.2 Å². The summed E-state index contributed by atoms with van der Waals surface area (Å²) in [7, 11) is 0. The van der Waals surface area contributed by atoms with E-state index in [1.807, 2.05) is 22.6 Å². The Morgan fingerprint density at radius 2 is 1.93 bits per heavy atom. The highest BCUT2D eigenvalue weighted by Gasteiger charge is 2.34. The van der Waals surface area contributed by atoms with Crippen molar-refractivity contribution in [2.24, 2.45) is 0 Å². The van der Waals surface area contributed by atoms with Gasteiger partial charge < -0.3 is 4.98 Å². The smallest absolute Gasteiger partial charge is 0.345 e. The zero-order chi connectivity index (χ0) is 11.2. The molecule has 0 unspecified atom stereocenters. The van der Waals surface area contributed by atoms with E-state index < -0.39 is 11.7 Å². The summed E-state index contributed by atoms with van der Waals surface area (Å²) < 4.78 is 38.6. The highest BCUT2D eigenvalue weighted by atomic mass is 127. The second-order valence-corrected chi connectivity index (χ2v) is 5.08. The lowest BCUT2D eigenvalue weighted by Crippen LogP contribution is -2.08. The van der Waals surface area contributed by atoms with Gasteiger partial charge in [0.25, 0.3) is 0 Å². The van der Waals surface area contributed by atoms with Crippen molar-refractivity contribution >= 4 is 56.2 Å². The molecule has 0 atom stereocenters. The molecule has 0 amide bonds. The maximum absolute atomic E-state index is 12.6. The maximum atomic E-state index is 12.6. The molecule has 0 fully saturated rings. The summed E-state index contributed by atoms with van der Waals surface area (Å²) in [5.41, 5.74) is -0.204. The number of halogens is 5. The first kappa shape index (κ1) is 11.4. The molecule has 7 heteroatoms. The number of rotatable bonds is 0. The third-order valence-corrected chi connectivity index (χ3v) is 3.87. The predicted octanol–water partition coefficient (Wildman–Crippen LogP) is 3.79. The van der Waals surface area contributed by atoms with Gasteiger partial charge in [0.15, 0.2) is 0 Å². The van der Waals surface area contributed by atoms with Crippen LogP contribution in [-0.4, -0.2) is 9.97 Å². The van der Waals surface area contributed by atoms with Gasteiger partial charge in [0.1, 0.15) is 5.65 Å². The van der Waals surface area contributed by atoms with E-state index in [0.717, 1.165) is 9.77 Å². The topological polar surface area (TPSA) is 28.7 Å². The molecule has 2 nitrogen and oxygen atoms in total. The number of pyridine rings is 1. The van der Waals surface area contributed by atoms with Gasteiger partial charge in [-0.15, -0.1) is 0 Å². The molecule has 0 aromatic carbocycles. The molecule has 0 saturated heterocycles. The standard InChI is InChI=1S/C8H3F3I2N2/c9-8(10,11)3-1-14-7-5(6(3)13)4(12)2-15-7/h1-2H,(H,14,15). The van der Waals surface area contributed by atoms with Crippen LogP contribution in [0.5, 0.6) is 0 Å². The number of hydrogen-bond donors (Lipinski definition) is 1. The van der Waals surface area contributed by atoms with Gasteiger partial charge in [-0.2, -0.15) is 13.2 Å². The summed E-state index contributed by atoms with van der Waals surface area (Å²) >= 11 is 3.68. The molecule has 80 valence electrons. The van der Waals surface area contributed by atoms with Crippen molar-refractivity contribution in [2.45, 2.75) is 6.18 Å². The normalized spacial score (nSPS) is 12.3. The monoisotopic (exact) mass is 438 g/mol. The van der Waals surface area contributed by atoms with Crippen LogP contribution < -0.4 is 0 Å². The van der Waals surface area contributed by atoms with Crippen LogP contribution in [0, 0.1) is 7.14 Å². The SMILES string of the molecule is FC(F)(F)c1cnc2[nH]cc(I)c2c1I. The lowest BCUT2D eigenvalue weighted by molar-refractivity contribution is -0.138. The Balaban J connectivity index is 2.80. The van der Waals surface area contributed by atoms with Crippen LogP contribution in [0.3, 0.4) is 0 Å². The van der Waals surface area contributed by atoms with E-state index in [9.17, 15) is 13.2 Å². The van der Waals surface area contributed by atoms with Crippen LogP contribution in [0.25, 0.3) is 11.0 Å². The largest absolute Gasteiger partial charge is 0.418 e. The van der Waals surface area contributed by atoms with Crippen molar-refractivity contribution in [3.8, 4) is 0 Å². The minimum Gasteiger partial charge on any atom is -0.345 e. The first-order chi connectivity index (χ1) is 6.91. The van der Waals surface area contributed by atoms with Gasteiger partial charge in [-0.05, 0) is 45.2 Å². The molecule has 15 heavy (non-hydrogen) atoms. The van der Waals surface area contributed by atoms with Gasteiger partial charge in [-0.1, -0.05) is 0 Å². The molecule has 0 aliphatic carbocycles. The Bertz CT molecular complexity index is 518. The van der Waals surface area contributed by atoms with Crippen molar-refractivity contribution in [3.05, 3.63) is 25.1 Å². The maximum Gasteiger partial charge on any atom is 0.418 e. The predicted molar refractivity (Wildman–Crippen MR) is 66.5 cm³/mol. The minimum absolute atomic E-state index is 0.191. The van der Waals surface area contributed by atoms with E-state index >= 15 is 0 Å². The molecule has 0 radical (unpaired) electrons. The van der Waals surface area contributed by atoms with Gasteiger partial charge >= 0.3 is 6.18 Å². The molecule has 0 spiro atoms. The molecule has 2 rings (SSSR count). The summed E-state index contributed by atoms with van der Waals surface area (Å²) in [6, 6.07) is 0. The zero-order valence-electron chi connectivity index (χ0n) is 6.99. The first-order valence-electron chi connectivity index (χ1n) is 3.79. The van der Waals surface area contributed by atoms with Gasteiger partial charge in [0, 0.05) is 24.9 Å². The second kappa shape index (κ2) is 3.75. The van der Waals surface area contributed by atoms with Crippen LogP contribution in [0.15, 0.2) is 12.4 Å². The first-order valence-corrected chi connectivity index (χ1v) is 5.95. The van der Waals surface area contributed by atoms with E-state index in [2.05, 4.69) is 9.97 Å². The second-order valence-electron chi connectivity index (χ2n) is 2.84. The fourth-order valence-corrected chi connectivity index (χ4v) is 3.41. The molecule has 1 N–H and O–H groups in total. The quantitative estimate of drug-likeness (QED) is 0.624. The number of nitrogens with zero attached hydrogens (tertiary/aromatic N) is 1. The summed E-state index contributed by atoms with van der Waals surface area (Å²) in [5, 5.41) is 0.533. The molecule has 0 bridgehead atoms. The number of hydrogen-bond acceptors (Lipinski definition) is 1. The molecule has 0 aliphatic rings. The van der Waals surface area contributed by atoms with Gasteiger partial charge in [0.05, 0.1) is 5.56 Å². The molecular weight excluding hydrogens is 435 g/mol. The van der Waals surface area contributed by atoms with E-state index in [4.69, 9.17) is 0 Å². The highest BCUT2D eigenvalue weighted by molar-refractivity contribution is 14.1. The van der Waals surface area contributed by atoms with Crippen molar-refractivity contribution in [1.29, 1.82) is 0 Å². The average molecular weight is 438 g/mol. The van der Waals surface area contributed by atoms with Gasteiger partial charge in [-0.3, -0.25) is 0 Å². The van der Waals surface area contributed by atoms with Gasteiger partial charge in [-0.25, -0.2) is 4.98 Å². The summed E-state index contributed by atoms with van der Waals surface area (Å²) in [4.78, 5) is 6.56. The Morgan fingerprint density at radius 3 is 2.53 bits per heavy atom. The molecule has 0 saturated carbocycles. The Kier molecular flexibility index (Phi) is 2.86. The molecule has 2 heterocycles. The summed E-state index contributed by atoms with van der Waals surface area (Å²) in [6.07, 6.45) is -1.85. The Hall–Kier alpha value is -0.0600. The van der Waals surface area contributed by atoms with Crippen molar-refractivity contribution in [3.63, 3.8) is 0 Å². The molecule has 2 aromatic rings. The fraction of sp³-hybridized carbons (Fsp3) is 0.125. The number of fused-ring (bicyclic) bond motifs is 1. The molecule has 0 aliphatic heterocycles. The van der Waals surface area contributed by atoms with E-state index in [1.54, 1.807) is 28.8 Å². The highest BCUT2D eigenvalue weighted by Crippen LogP contribution is 2.36. The number of aromatic amines is 1. The third kappa shape index (κ3) is 1.95. The molecular formula is C8H3F3I2N2. The summed E-state index contributed by atoms with van der Waals surface area (Å²) in [6.45, 7) is 0. The number of alkyl halides is 3. The van der Waals surface area contributed by atoms with Crippen LogP contribution in [-0.2, 0) is 6.18 Å². The number of H-pyrrole nitrogens is 1. The van der Waals surface area contributed by atoms with Crippen LogP contribution in [0.2, 0.25) is 0 Å². The van der Waals surface area contributed by atoms with Crippen molar-refractivity contribution in [1.82, 2.24) is 9.97 Å². The van der Waals surface area contributed by atoms with Crippen LogP contribution in [0.4, 0.5) is 13.2 Å². The van der Waals surface area contributed by atoms with E-state index in [1.165, 1.54) is 0 Å². The van der Waals surface area contributed by atoms with E-state index in [-0.39, 0.29) is 3.57 Å². The summed E-state index contributed by atoms with van der Waals surface area (Å²) in [5.74, 6) is 0. The third-order valence-electron chi connectivity index (χ3n) is 1.90. The Morgan fingerprint density at radius 1 is 1.27 bits per heavy atom. The Labute approximate surface area is 110 Å². The number of aromatic nitrogens is 2. The average Bonchev–Trinajstić information content (AvgIpc) is 2.46. The lowest BCUT2D eigenvalue weighted by atomic mass is 10.2. The van der Waals surface area contributed by atoms with Crippen LogP contribution >= 0.6 is 45.2 Å². The van der Waals surface area contributed by atoms with Crippen LogP contribution in [0.1, 0.15) is 5.56 Å². The van der Waals surface area contributed by atoms with E-state index in [0.29, 0.717) is 11.0 Å². The van der Waals surface area contributed by atoms with Gasteiger partial charge in [0.2, 0.25) is 0 Å². The lowest BCUT2D eigenvalue weighted by Gasteiger charge is -2.08. The number of nitrogens with one attached hydrogen (secondary N) is 1. The van der Waals surface area contributed by atoms with Crippen molar-refractivity contribution in [2.75, 3.05) is 0 Å².